The Labute approximate surface area is 124 Å². The Balaban J connectivity index is 2.89. The molecule has 0 aromatic heterocycles. The molecular formula is C17H30N2O. The minimum absolute atomic E-state index is 0.143. The minimum atomic E-state index is 0.143. The van der Waals surface area contributed by atoms with Crippen LogP contribution < -0.4 is 10.6 Å². The van der Waals surface area contributed by atoms with Crippen molar-refractivity contribution in [3.05, 3.63) is 29.8 Å². The Hall–Kier alpha value is -1.06. The van der Waals surface area contributed by atoms with Gasteiger partial charge in [0.1, 0.15) is 0 Å². The third kappa shape index (κ3) is 4.50. The van der Waals surface area contributed by atoms with E-state index in [1.165, 1.54) is 11.3 Å². The van der Waals surface area contributed by atoms with Crippen molar-refractivity contribution >= 4 is 5.69 Å². The lowest BCUT2D eigenvalue weighted by Crippen LogP contribution is -2.37. The smallest absolute Gasteiger partial charge is 0.0637 e. The zero-order chi connectivity index (χ0) is 15.0. The lowest BCUT2D eigenvalue weighted by molar-refractivity contribution is 0.202. The SMILES string of the molecule is CCC(CC)N(CCOC)c1ccc([C@H](N)CC)cc1. The number of rotatable bonds is 9. The van der Waals surface area contributed by atoms with Crippen molar-refractivity contribution in [2.75, 3.05) is 25.2 Å². The van der Waals surface area contributed by atoms with Gasteiger partial charge in [0.2, 0.25) is 0 Å². The molecule has 1 aromatic carbocycles. The summed E-state index contributed by atoms with van der Waals surface area (Å²) in [6.07, 6.45) is 3.27. The molecule has 0 radical (unpaired) electrons. The van der Waals surface area contributed by atoms with Gasteiger partial charge in [-0.05, 0) is 37.0 Å². The third-order valence-corrected chi connectivity index (χ3v) is 4.01. The largest absolute Gasteiger partial charge is 0.383 e. The van der Waals surface area contributed by atoms with Crippen molar-refractivity contribution in [1.29, 1.82) is 0 Å². The second-order valence-electron chi connectivity index (χ2n) is 5.26. The molecule has 0 bridgehead atoms. The highest BCUT2D eigenvalue weighted by Crippen LogP contribution is 2.23. The summed E-state index contributed by atoms with van der Waals surface area (Å²) < 4.78 is 5.25. The number of hydrogen-bond donors (Lipinski definition) is 1. The predicted octanol–water partition coefficient (Wildman–Crippen LogP) is 3.74. The summed E-state index contributed by atoms with van der Waals surface area (Å²) in [4.78, 5) is 2.45. The minimum Gasteiger partial charge on any atom is -0.383 e. The van der Waals surface area contributed by atoms with E-state index in [-0.39, 0.29) is 6.04 Å². The van der Waals surface area contributed by atoms with Crippen molar-refractivity contribution in [3.8, 4) is 0 Å². The van der Waals surface area contributed by atoms with Gasteiger partial charge in [-0.3, -0.25) is 0 Å². The number of ether oxygens (including phenoxy) is 1. The highest BCUT2D eigenvalue weighted by Gasteiger charge is 2.15. The van der Waals surface area contributed by atoms with Crippen LogP contribution in [-0.2, 0) is 4.74 Å². The van der Waals surface area contributed by atoms with Crippen LogP contribution in [0.3, 0.4) is 0 Å². The van der Waals surface area contributed by atoms with Gasteiger partial charge < -0.3 is 15.4 Å². The molecule has 3 heteroatoms. The second kappa shape index (κ2) is 8.98. The van der Waals surface area contributed by atoms with Gasteiger partial charge >= 0.3 is 0 Å². The molecule has 0 fully saturated rings. The standard InChI is InChI=1S/C17H30N2O/c1-5-15(6-2)19(12-13-20-4)16-10-8-14(9-11-16)17(18)7-3/h8-11,15,17H,5-7,12-13,18H2,1-4H3/t17-/m1/s1. The maximum absolute atomic E-state index is 6.08. The monoisotopic (exact) mass is 278 g/mol. The van der Waals surface area contributed by atoms with E-state index in [0.29, 0.717) is 6.04 Å². The zero-order valence-electron chi connectivity index (χ0n) is 13.4. The Morgan fingerprint density at radius 1 is 1.05 bits per heavy atom. The molecule has 114 valence electrons. The van der Waals surface area contributed by atoms with Gasteiger partial charge in [-0.15, -0.1) is 0 Å². The summed E-state index contributed by atoms with van der Waals surface area (Å²) in [5.41, 5.74) is 8.56. The van der Waals surface area contributed by atoms with Gasteiger partial charge in [0.05, 0.1) is 6.61 Å². The van der Waals surface area contributed by atoms with E-state index in [9.17, 15) is 0 Å². The first kappa shape index (κ1) is 17.0. The highest BCUT2D eigenvalue weighted by molar-refractivity contribution is 5.49. The number of nitrogens with two attached hydrogens (primary N) is 1. The van der Waals surface area contributed by atoms with E-state index >= 15 is 0 Å². The molecule has 2 N–H and O–H groups in total. The van der Waals surface area contributed by atoms with Crippen molar-refractivity contribution in [1.82, 2.24) is 0 Å². The van der Waals surface area contributed by atoms with Gasteiger partial charge in [-0.2, -0.15) is 0 Å². The van der Waals surface area contributed by atoms with Crippen molar-refractivity contribution in [2.45, 2.75) is 52.1 Å². The Morgan fingerprint density at radius 3 is 2.10 bits per heavy atom. The Morgan fingerprint density at radius 2 is 1.65 bits per heavy atom. The van der Waals surface area contributed by atoms with Gasteiger partial charge in [-0.25, -0.2) is 0 Å². The maximum atomic E-state index is 6.08. The number of hydrogen-bond acceptors (Lipinski definition) is 3. The van der Waals surface area contributed by atoms with E-state index in [1.807, 2.05) is 0 Å². The van der Waals surface area contributed by atoms with E-state index in [1.54, 1.807) is 7.11 Å². The first-order valence-electron chi connectivity index (χ1n) is 7.78. The van der Waals surface area contributed by atoms with E-state index < -0.39 is 0 Å². The molecule has 1 rings (SSSR count). The van der Waals surface area contributed by atoms with Crippen LogP contribution in [0.25, 0.3) is 0 Å². The fourth-order valence-electron chi connectivity index (χ4n) is 2.59. The average molecular weight is 278 g/mol. The van der Waals surface area contributed by atoms with E-state index in [4.69, 9.17) is 10.5 Å². The lowest BCUT2D eigenvalue weighted by atomic mass is 10.0. The van der Waals surface area contributed by atoms with Crippen LogP contribution in [0.2, 0.25) is 0 Å². The summed E-state index contributed by atoms with van der Waals surface area (Å²) in [6, 6.07) is 9.41. The number of anilines is 1. The van der Waals surface area contributed by atoms with Crippen molar-refractivity contribution in [3.63, 3.8) is 0 Å². The summed E-state index contributed by atoms with van der Waals surface area (Å²) in [7, 11) is 1.76. The first-order valence-corrected chi connectivity index (χ1v) is 7.78. The molecule has 0 unspecified atom stereocenters. The van der Waals surface area contributed by atoms with Crippen LogP contribution in [0, 0.1) is 0 Å². The average Bonchev–Trinajstić information content (AvgIpc) is 2.51. The molecule has 0 aliphatic heterocycles. The fraction of sp³-hybridized carbons (Fsp3) is 0.647. The molecule has 0 amide bonds. The molecule has 20 heavy (non-hydrogen) atoms. The molecular weight excluding hydrogens is 248 g/mol. The quantitative estimate of drug-likeness (QED) is 0.748. The summed E-state index contributed by atoms with van der Waals surface area (Å²) in [5.74, 6) is 0. The molecule has 1 aromatic rings. The first-order chi connectivity index (χ1) is 9.67. The topological polar surface area (TPSA) is 38.5 Å². The molecule has 0 aliphatic carbocycles. The van der Waals surface area contributed by atoms with E-state index in [0.717, 1.165) is 32.4 Å². The number of benzene rings is 1. The van der Waals surface area contributed by atoms with Crippen LogP contribution in [0.5, 0.6) is 0 Å². The number of methoxy groups -OCH3 is 1. The normalized spacial score (nSPS) is 12.7. The van der Waals surface area contributed by atoms with Gasteiger partial charge in [-0.1, -0.05) is 32.9 Å². The van der Waals surface area contributed by atoms with Crippen LogP contribution >= 0.6 is 0 Å². The highest BCUT2D eigenvalue weighted by atomic mass is 16.5. The van der Waals surface area contributed by atoms with Crippen molar-refractivity contribution < 1.29 is 4.74 Å². The van der Waals surface area contributed by atoms with Crippen LogP contribution in [0.4, 0.5) is 5.69 Å². The predicted molar refractivity (Wildman–Crippen MR) is 87.3 cm³/mol. The number of nitrogens with zero attached hydrogens (tertiary/aromatic N) is 1. The van der Waals surface area contributed by atoms with Crippen LogP contribution in [-0.4, -0.2) is 26.3 Å². The summed E-state index contributed by atoms with van der Waals surface area (Å²) >= 11 is 0. The second-order valence-corrected chi connectivity index (χ2v) is 5.26. The molecule has 1 atom stereocenters. The molecule has 0 aliphatic rings. The molecule has 0 saturated carbocycles. The van der Waals surface area contributed by atoms with Crippen LogP contribution in [0.1, 0.15) is 51.6 Å². The zero-order valence-corrected chi connectivity index (χ0v) is 13.4. The molecule has 3 nitrogen and oxygen atoms in total. The Kier molecular flexibility index (Phi) is 7.63. The molecule has 0 saturated heterocycles. The lowest BCUT2D eigenvalue weighted by Gasteiger charge is -2.32. The molecule has 0 heterocycles. The Bertz CT molecular complexity index is 360. The molecule has 0 spiro atoms. The van der Waals surface area contributed by atoms with Crippen molar-refractivity contribution in [2.24, 2.45) is 5.73 Å². The fourth-order valence-corrected chi connectivity index (χ4v) is 2.59. The van der Waals surface area contributed by atoms with Crippen LogP contribution in [0.15, 0.2) is 24.3 Å². The van der Waals surface area contributed by atoms with Gasteiger partial charge in [0.25, 0.3) is 0 Å². The van der Waals surface area contributed by atoms with Gasteiger partial charge in [0.15, 0.2) is 0 Å². The maximum Gasteiger partial charge on any atom is 0.0637 e. The summed E-state index contributed by atoms with van der Waals surface area (Å²) in [6.45, 7) is 8.30. The van der Waals surface area contributed by atoms with E-state index in [2.05, 4.69) is 49.9 Å². The van der Waals surface area contributed by atoms with Gasteiger partial charge in [0, 0.05) is 31.4 Å². The third-order valence-electron chi connectivity index (χ3n) is 4.01. The summed E-state index contributed by atoms with van der Waals surface area (Å²) in [5, 5.41) is 0.